The highest BCUT2D eigenvalue weighted by Gasteiger charge is 2.28. The summed E-state index contributed by atoms with van der Waals surface area (Å²) in [4.78, 5) is 27.9. The van der Waals surface area contributed by atoms with Gasteiger partial charge in [0, 0.05) is 37.8 Å². The van der Waals surface area contributed by atoms with Crippen LogP contribution in [0.3, 0.4) is 0 Å². The number of phenols is 2. The van der Waals surface area contributed by atoms with Crippen molar-refractivity contribution in [1.29, 1.82) is 0 Å². The number of benzene rings is 2. The fourth-order valence-corrected chi connectivity index (χ4v) is 3.12. The lowest BCUT2D eigenvalue weighted by atomic mass is 10.1. The first-order valence-electron chi connectivity index (χ1n) is 7.92. The average Bonchev–Trinajstić information content (AvgIpc) is 2.60. The lowest BCUT2D eigenvalue weighted by Gasteiger charge is -2.35. The minimum absolute atomic E-state index is 0.0451. The fraction of sp³-hybridized carbons (Fsp3) is 0.222. The molecule has 2 aromatic rings. The highest BCUT2D eigenvalue weighted by molar-refractivity contribution is 6.33. The molecule has 26 heavy (non-hydrogen) atoms. The molecule has 0 saturated carbocycles. The summed E-state index contributed by atoms with van der Waals surface area (Å²) in [5.41, 5.74) is -0.0220. The first kappa shape index (κ1) is 18.0. The monoisotopic (exact) mass is 378 g/mol. The smallest absolute Gasteiger partial charge is 0.258 e. The molecule has 1 aliphatic rings. The second kappa shape index (κ2) is 7.21. The standard InChI is InChI=1S/C18H16ClFN2O4/c19-14-2-1-3-15(20)16(14)18(26)22-6-4-21(5-7-22)17(25)11-8-12(23)10-13(24)9-11/h1-3,8-10,23-24H,4-7H2. The molecule has 0 aromatic heterocycles. The van der Waals surface area contributed by atoms with E-state index < -0.39 is 11.7 Å². The maximum absolute atomic E-state index is 13.9. The van der Waals surface area contributed by atoms with Gasteiger partial charge >= 0.3 is 0 Å². The molecule has 1 heterocycles. The molecule has 8 heteroatoms. The van der Waals surface area contributed by atoms with E-state index in [-0.39, 0.29) is 59.7 Å². The maximum Gasteiger partial charge on any atom is 0.258 e. The van der Waals surface area contributed by atoms with Gasteiger partial charge < -0.3 is 20.0 Å². The van der Waals surface area contributed by atoms with Crippen molar-refractivity contribution in [2.45, 2.75) is 0 Å². The van der Waals surface area contributed by atoms with Gasteiger partial charge in [0.15, 0.2) is 0 Å². The molecule has 2 aromatic carbocycles. The number of piperazine rings is 1. The van der Waals surface area contributed by atoms with Gasteiger partial charge in [0.1, 0.15) is 17.3 Å². The third kappa shape index (κ3) is 3.57. The number of nitrogens with zero attached hydrogens (tertiary/aromatic N) is 2. The van der Waals surface area contributed by atoms with Crippen LogP contribution in [0.2, 0.25) is 5.02 Å². The van der Waals surface area contributed by atoms with E-state index in [1.807, 2.05) is 0 Å². The SMILES string of the molecule is O=C(c1cc(O)cc(O)c1)N1CCN(C(=O)c2c(F)cccc2Cl)CC1. The molecular formula is C18H16ClFN2O4. The van der Waals surface area contributed by atoms with Crippen LogP contribution < -0.4 is 0 Å². The summed E-state index contributed by atoms with van der Waals surface area (Å²) < 4.78 is 13.9. The number of hydrogen-bond donors (Lipinski definition) is 2. The fourth-order valence-electron chi connectivity index (χ4n) is 2.87. The van der Waals surface area contributed by atoms with Crippen molar-refractivity contribution in [2.24, 2.45) is 0 Å². The third-order valence-corrected chi connectivity index (χ3v) is 4.50. The third-order valence-electron chi connectivity index (χ3n) is 4.18. The van der Waals surface area contributed by atoms with E-state index in [1.165, 1.54) is 40.1 Å². The first-order chi connectivity index (χ1) is 12.4. The Morgan fingerprint density at radius 2 is 1.46 bits per heavy atom. The molecular weight excluding hydrogens is 363 g/mol. The zero-order valence-electron chi connectivity index (χ0n) is 13.7. The summed E-state index contributed by atoms with van der Waals surface area (Å²) in [5.74, 6) is -1.99. The number of carbonyl (C=O) groups excluding carboxylic acids is 2. The number of aromatic hydroxyl groups is 2. The Kier molecular flexibility index (Phi) is 4.99. The van der Waals surface area contributed by atoms with Crippen LogP contribution in [0.4, 0.5) is 4.39 Å². The Balaban J connectivity index is 1.69. The van der Waals surface area contributed by atoms with E-state index in [0.717, 1.165) is 6.07 Å². The summed E-state index contributed by atoms with van der Waals surface area (Å²) in [5, 5.41) is 19.0. The van der Waals surface area contributed by atoms with E-state index in [4.69, 9.17) is 11.6 Å². The van der Waals surface area contributed by atoms with Crippen LogP contribution in [-0.2, 0) is 0 Å². The highest BCUT2D eigenvalue weighted by Crippen LogP contribution is 2.23. The van der Waals surface area contributed by atoms with Crippen molar-refractivity contribution in [1.82, 2.24) is 9.80 Å². The van der Waals surface area contributed by atoms with Crippen LogP contribution >= 0.6 is 11.6 Å². The largest absolute Gasteiger partial charge is 0.508 e. The van der Waals surface area contributed by atoms with E-state index in [0.29, 0.717) is 0 Å². The number of phenolic OH excluding ortho intramolecular Hbond substituents is 2. The lowest BCUT2D eigenvalue weighted by molar-refractivity contribution is 0.0532. The Morgan fingerprint density at radius 3 is 2.00 bits per heavy atom. The lowest BCUT2D eigenvalue weighted by Crippen LogP contribution is -2.50. The van der Waals surface area contributed by atoms with Crippen molar-refractivity contribution in [3.63, 3.8) is 0 Å². The molecule has 136 valence electrons. The van der Waals surface area contributed by atoms with Crippen LogP contribution in [-0.4, -0.2) is 58.0 Å². The molecule has 1 aliphatic heterocycles. The Labute approximate surface area is 154 Å². The number of hydrogen-bond acceptors (Lipinski definition) is 4. The van der Waals surface area contributed by atoms with Crippen molar-refractivity contribution in [2.75, 3.05) is 26.2 Å². The molecule has 0 spiro atoms. The number of rotatable bonds is 2. The summed E-state index contributed by atoms with van der Waals surface area (Å²) in [6, 6.07) is 7.71. The molecule has 0 bridgehead atoms. The highest BCUT2D eigenvalue weighted by atomic mass is 35.5. The van der Waals surface area contributed by atoms with Gasteiger partial charge in [0.2, 0.25) is 0 Å². The van der Waals surface area contributed by atoms with Gasteiger partial charge in [-0.2, -0.15) is 0 Å². The normalized spacial score (nSPS) is 14.4. The van der Waals surface area contributed by atoms with Crippen molar-refractivity contribution >= 4 is 23.4 Å². The van der Waals surface area contributed by atoms with Gasteiger partial charge in [0.25, 0.3) is 11.8 Å². The zero-order valence-corrected chi connectivity index (χ0v) is 14.4. The van der Waals surface area contributed by atoms with E-state index in [2.05, 4.69) is 0 Å². The van der Waals surface area contributed by atoms with E-state index in [9.17, 15) is 24.2 Å². The maximum atomic E-state index is 13.9. The summed E-state index contributed by atoms with van der Waals surface area (Å²) in [7, 11) is 0. The molecule has 2 amide bonds. The van der Waals surface area contributed by atoms with Crippen molar-refractivity contribution in [3.8, 4) is 11.5 Å². The van der Waals surface area contributed by atoms with Gasteiger partial charge in [-0.15, -0.1) is 0 Å². The Morgan fingerprint density at radius 1 is 0.923 bits per heavy atom. The van der Waals surface area contributed by atoms with Gasteiger partial charge in [-0.1, -0.05) is 17.7 Å². The van der Waals surface area contributed by atoms with Crippen LogP contribution in [0.1, 0.15) is 20.7 Å². The van der Waals surface area contributed by atoms with Crippen LogP contribution in [0, 0.1) is 5.82 Å². The van der Waals surface area contributed by atoms with E-state index >= 15 is 0 Å². The van der Waals surface area contributed by atoms with Crippen molar-refractivity contribution in [3.05, 3.63) is 58.4 Å². The minimum atomic E-state index is -0.684. The average molecular weight is 379 g/mol. The molecule has 2 N–H and O–H groups in total. The molecule has 3 rings (SSSR count). The minimum Gasteiger partial charge on any atom is -0.508 e. The molecule has 1 fully saturated rings. The molecule has 1 saturated heterocycles. The molecule has 6 nitrogen and oxygen atoms in total. The Hall–Kier alpha value is -2.80. The zero-order chi connectivity index (χ0) is 18.8. The Bertz CT molecular complexity index is 826. The van der Waals surface area contributed by atoms with Gasteiger partial charge in [-0.3, -0.25) is 9.59 Å². The molecule has 0 atom stereocenters. The molecule has 0 radical (unpaired) electrons. The number of amides is 2. The number of carbonyl (C=O) groups is 2. The second-order valence-electron chi connectivity index (χ2n) is 5.92. The summed E-state index contributed by atoms with van der Waals surface area (Å²) >= 11 is 5.93. The van der Waals surface area contributed by atoms with Crippen molar-refractivity contribution < 1.29 is 24.2 Å². The van der Waals surface area contributed by atoms with Gasteiger partial charge in [-0.25, -0.2) is 4.39 Å². The van der Waals surface area contributed by atoms with Gasteiger partial charge in [0.05, 0.1) is 10.6 Å². The topological polar surface area (TPSA) is 81.1 Å². The summed E-state index contributed by atoms with van der Waals surface area (Å²) in [6.07, 6.45) is 0. The second-order valence-corrected chi connectivity index (χ2v) is 6.33. The van der Waals surface area contributed by atoms with Gasteiger partial charge in [-0.05, 0) is 24.3 Å². The summed E-state index contributed by atoms with van der Waals surface area (Å²) in [6.45, 7) is 0.931. The molecule has 0 aliphatic carbocycles. The van der Waals surface area contributed by atoms with E-state index in [1.54, 1.807) is 0 Å². The predicted octanol–water partition coefficient (Wildman–Crippen LogP) is 2.49. The van der Waals surface area contributed by atoms with Crippen LogP contribution in [0.5, 0.6) is 11.5 Å². The number of halogens is 2. The molecule has 0 unspecified atom stereocenters. The van der Waals surface area contributed by atoms with Crippen LogP contribution in [0.15, 0.2) is 36.4 Å². The quantitative estimate of drug-likeness (QED) is 0.841. The first-order valence-corrected chi connectivity index (χ1v) is 8.30. The predicted molar refractivity (Wildman–Crippen MR) is 93.0 cm³/mol. The van der Waals surface area contributed by atoms with Crippen LogP contribution in [0.25, 0.3) is 0 Å².